The van der Waals surface area contributed by atoms with Crippen LogP contribution in [0, 0.1) is 0 Å². The third kappa shape index (κ3) is 6.11. The van der Waals surface area contributed by atoms with E-state index < -0.39 is 0 Å². The zero-order valence-electron chi connectivity index (χ0n) is 9.69. The fraction of sp³-hybridized carbons (Fsp3) is 0.538. The van der Waals surface area contributed by atoms with E-state index in [2.05, 4.69) is 12.1 Å². The molecule has 0 fully saturated rings. The van der Waals surface area contributed by atoms with Crippen LogP contribution in [-0.4, -0.2) is 25.7 Å². The van der Waals surface area contributed by atoms with Crippen LogP contribution in [-0.2, 0) is 16.1 Å². The SMILES string of the molecule is COCCC(Cl)CCOCc1ccccc1. The lowest BCUT2D eigenvalue weighted by Crippen LogP contribution is -2.07. The molecule has 0 spiro atoms. The van der Waals surface area contributed by atoms with Gasteiger partial charge in [-0.3, -0.25) is 0 Å². The van der Waals surface area contributed by atoms with Crippen LogP contribution in [0.2, 0.25) is 0 Å². The molecule has 1 unspecified atom stereocenters. The van der Waals surface area contributed by atoms with Crippen LogP contribution < -0.4 is 0 Å². The molecule has 1 atom stereocenters. The molecule has 16 heavy (non-hydrogen) atoms. The van der Waals surface area contributed by atoms with Gasteiger partial charge in [-0.2, -0.15) is 0 Å². The fourth-order valence-electron chi connectivity index (χ4n) is 1.37. The van der Waals surface area contributed by atoms with Gasteiger partial charge in [-0.05, 0) is 18.4 Å². The van der Waals surface area contributed by atoms with Crippen molar-refractivity contribution in [2.75, 3.05) is 20.3 Å². The molecule has 0 saturated heterocycles. The quantitative estimate of drug-likeness (QED) is 0.515. The number of alkyl halides is 1. The molecule has 0 saturated carbocycles. The Bertz CT molecular complexity index is 264. The number of methoxy groups -OCH3 is 1. The highest BCUT2D eigenvalue weighted by Gasteiger charge is 2.03. The lowest BCUT2D eigenvalue weighted by atomic mass is 10.2. The molecule has 90 valence electrons. The Labute approximate surface area is 103 Å². The molecular weight excluding hydrogens is 224 g/mol. The van der Waals surface area contributed by atoms with Crippen LogP contribution in [0.3, 0.4) is 0 Å². The van der Waals surface area contributed by atoms with Crippen molar-refractivity contribution in [2.24, 2.45) is 0 Å². The van der Waals surface area contributed by atoms with Crippen molar-refractivity contribution in [1.82, 2.24) is 0 Å². The van der Waals surface area contributed by atoms with Crippen molar-refractivity contribution in [3.8, 4) is 0 Å². The minimum absolute atomic E-state index is 0.149. The van der Waals surface area contributed by atoms with Gasteiger partial charge in [0.05, 0.1) is 6.61 Å². The summed E-state index contributed by atoms with van der Waals surface area (Å²) in [4.78, 5) is 0. The van der Waals surface area contributed by atoms with Gasteiger partial charge in [0.15, 0.2) is 0 Å². The molecule has 1 aromatic rings. The molecule has 0 aliphatic rings. The van der Waals surface area contributed by atoms with Gasteiger partial charge in [0.25, 0.3) is 0 Å². The third-order valence-corrected chi connectivity index (χ3v) is 2.76. The second kappa shape index (κ2) is 8.57. The minimum Gasteiger partial charge on any atom is -0.385 e. The monoisotopic (exact) mass is 242 g/mol. The lowest BCUT2D eigenvalue weighted by molar-refractivity contribution is 0.114. The molecule has 3 heteroatoms. The number of ether oxygens (including phenoxy) is 2. The second-order valence-electron chi connectivity index (χ2n) is 3.71. The van der Waals surface area contributed by atoms with Gasteiger partial charge >= 0.3 is 0 Å². The molecule has 0 amide bonds. The summed E-state index contributed by atoms with van der Waals surface area (Å²) in [5.41, 5.74) is 1.20. The predicted octanol–water partition coefficient (Wildman–Crippen LogP) is 3.24. The first-order valence-electron chi connectivity index (χ1n) is 5.57. The maximum Gasteiger partial charge on any atom is 0.0716 e. The maximum absolute atomic E-state index is 6.08. The van der Waals surface area contributed by atoms with Crippen LogP contribution in [0.25, 0.3) is 0 Å². The van der Waals surface area contributed by atoms with E-state index in [1.54, 1.807) is 7.11 Å². The van der Waals surface area contributed by atoms with Crippen molar-refractivity contribution < 1.29 is 9.47 Å². The summed E-state index contributed by atoms with van der Waals surface area (Å²) in [5.74, 6) is 0. The van der Waals surface area contributed by atoms with Gasteiger partial charge in [0, 0.05) is 25.7 Å². The van der Waals surface area contributed by atoms with Gasteiger partial charge in [-0.15, -0.1) is 11.6 Å². The van der Waals surface area contributed by atoms with E-state index in [4.69, 9.17) is 21.1 Å². The zero-order chi connectivity index (χ0) is 11.6. The van der Waals surface area contributed by atoms with Crippen LogP contribution in [0.1, 0.15) is 18.4 Å². The summed E-state index contributed by atoms with van der Waals surface area (Å²) in [7, 11) is 1.69. The van der Waals surface area contributed by atoms with Gasteiger partial charge < -0.3 is 9.47 Å². The predicted molar refractivity (Wildman–Crippen MR) is 66.8 cm³/mol. The smallest absolute Gasteiger partial charge is 0.0716 e. The van der Waals surface area contributed by atoms with Crippen LogP contribution in [0.5, 0.6) is 0 Å². The minimum atomic E-state index is 0.149. The summed E-state index contributed by atoms with van der Waals surface area (Å²) in [6, 6.07) is 10.2. The summed E-state index contributed by atoms with van der Waals surface area (Å²) in [6.45, 7) is 2.08. The largest absolute Gasteiger partial charge is 0.385 e. The topological polar surface area (TPSA) is 18.5 Å². The van der Waals surface area contributed by atoms with Gasteiger partial charge in [0.2, 0.25) is 0 Å². The highest BCUT2D eigenvalue weighted by atomic mass is 35.5. The number of halogens is 1. The van der Waals surface area contributed by atoms with E-state index in [-0.39, 0.29) is 5.38 Å². The molecule has 0 N–H and O–H groups in total. The Morgan fingerprint density at radius 3 is 2.50 bits per heavy atom. The van der Waals surface area contributed by atoms with Gasteiger partial charge in [-0.25, -0.2) is 0 Å². The van der Waals surface area contributed by atoms with E-state index in [1.807, 2.05) is 18.2 Å². The van der Waals surface area contributed by atoms with E-state index in [0.29, 0.717) is 19.8 Å². The molecule has 2 nitrogen and oxygen atoms in total. The molecule has 0 radical (unpaired) electrons. The van der Waals surface area contributed by atoms with E-state index in [0.717, 1.165) is 12.8 Å². The van der Waals surface area contributed by atoms with Gasteiger partial charge in [-0.1, -0.05) is 30.3 Å². The standard InChI is InChI=1S/C13H19ClO2/c1-15-9-7-13(14)8-10-16-11-12-5-3-2-4-6-12/h2-6,13H,7-11H2,1H3. The van der Waals surface area contributed by atoms with Crippen LogP contribution >= 0.6 is 11.6 Å². The molecule has 0 aromatic heterocycles. The molecule has 0 aliphatic carbocycles. The maximum atomic E-state index is 6.08. The average molecular weight is 243 g/mol. The summed E-state index contributed by atoms with van der Waals surface area (Å²) < 4.78 is 10.5. The van der Waals surface area contributed by atoms with Crippen molar-refractivity contribution >= 4 is 11.6 Å². The van der Waals surface area contributed by atoms with Gasteiger partial charge in [0.1, 0.15) is 0 Å². The van der Waals surface area contributed by atoms with E-state index in [1.165, 1.54) is 5.56 Å². The Hall–Kier alpha value is -0.570. The van der Waals surface area contributed by atoms with Crippen LogP contribution in [0.15, 0.2) is 30.3 Å². The fourth-order valence-corrected chi connectivity index (χ4v) is 1.54. The Morgan fingerprint density at radius 1 is 1.12 bits per heavy atom. The molecule has 1 rings (SSSR count). The molecule has 0 aliphatic heterocycles. The second-order valence-corrected chi connectivity index (χ2v) is 4.32. The molecule has 1 aromatic carbocycles. The first-order chi connectivity index (χ1) is 7.83. The highest BCUT2D eigenvalue weighted by molar-refractivity contribution is 6.20. The average Bonchev–Trinajstić information content (AvgIpc) is 2.33. The lowest BCUT2D eigenvalue weighted by Gasteiger charge is -2.09. The van der Waals surface area contributed by atoms with Crippen LogP contribution in [0.4, 0.5) is 0 Å². The Balaban J connectivity index is 2.03. The first-order valence-corrected chi connectivity index (χ1v) is 6.01. The highest BCUT2D eigenvalue weighted by Crippen LogP contribution is 2.08. The Morgan fingerprint density at radius 2 is 1.81 bits per heavy atom. The van der Waals surface area contributed by atoms with E-state index in [9.17, 15) is 0 Å². The van der Waals surface area contributed by atoms with Crippen molar-refractivity contribution in [3.63, 3.8) is 0 Å². The van der Waals surface area contributed by atoms with Crippen molar-refractivity contribution in [2.45, 2.75) is 24.8 Å². The molecule has 0 heterocycles. The Kier molecular flexibility index (Phi) is 7.23. The number of hydrogen-bond acceptors (Lipinski definition) is 2. The number of hydrogen-bond donors (Lipinski definition) is 0. The summed E-state index contributed by atoms with van der Waals surface area (Å²) >= 11 is 6.08. The molecule has 0 bridgehead atoms. The summed E-state index contributed by atoms with van der Waals surface area (Å²) in [6.07, 6.45) is 1.75. The summed E-state index contributed by atoms with van der Waals surface area (Å²) in [5, 5.41) is 0.149. The number of rotatable bonds is 8. The van der Waals surface area contributed by atoms with Crippen molar-refractivity contribution in [1.29, 1.82) is 0 Å². The molecular formula is C13H19ClO2. The van der Waals surface area contributed by atoms with E-state index >= 15 is 0 Å². The normalized spacial score (nSPS) is 12.6. The zero-order valence-corrected chi connectivity index (χ0v) is 10.5. The third-order valence-electron chi connectivity index (χ3n) is 2.32. The number of benzene rings is 1. The van der Waals surface area contributed by atoms with Crippen molar-refractivity contribution in [3.05, 3.63) is 35.9 Å². The first kappa shape index (κ1) is 13.5.